The molecule has 1 aliphatic heterocycles. The summed E-state index contributed by atoms with van der Waals surface area (Å²) in [5, 5.41) is 73.5. The van der Waals surface area contributed by atoms with Crippen molar-refractivity contribution < 1.29 is 50.0 Å². The predicted molar refractivity (Wildman–Crippen MR) is 168 cm³/mol. The van der Waals surface area contributed by atoms with Crippen molar-refractivity contribution in [3.05, 3.63) is 11.6 Å². The van der Waals surface area contributed by atoms with Crippen molar-refractivity contribution >= 4 is 5.97 Å². The van der Waals surface area contributed by atoms with E-state index in [0.717, 1.165) is 44.1 Å². The molecule has 14 atom stereocenters. The molecule has 0 spiro atoms. The Balaban J connectivity index is 1.33. The first-order valence-electron chi connectivity index (χ1n) is 17.6. The number of rotatable bonds is 6. The number of carboxylic acid groups (broad SMARTS) is 1. The van der Waals surface area contributed by atoms with Gasteiger partial charge >= 0.3 is 5.97 Å². The lowest BCUT2D eigenvalue weighted by atomic mass is 9.33. The minimum atomic E-state index is -1.50. The lowest BCUT2D eigenvalue weighted by Gasteiger charge is -2.71. The molecule has 0 aromatic heterocycles. The zero-order valence-electron chi connectivity index (χ0n) is 28.3. The number of ether oxygens (including phenoxy) is 2. The van der Waals surface area contributed by atoms with Crippen LogP contribution in [0.4, 0.5) is 0 Å². The second-order valence-corrected chi connectivity index (χ2v) is 17.6. The van der Waals surface area contributed by atoms with Crippen LogP contribution in [0.15, 0.2) is 11.6 Å². The van der Waals surface area contributed by atoms with E-state index >= 15 is 0 Å². The van der Waals surface area contributed by atoms with Gasteiger partial charge in [0.25, 0.3) is 0 Å². The first-order chi connectivity index (χ1) is 21.5. The summed E-state index contributed by atoms with van der Waals surface area (Å²) in [6, 6.07) is 0. The van der Waals surface area contributed by atoms with Crippen LogP contribution in [0.3, 0.4) is 0 Å². The highest BCUT2D eigenvalue weighted by Crippen LogP contribution is 2.76. The molecule has 6 aliphatic rings. The van der Waals surface area contributed by atoms with Crippen LogP contribution in [-0.2, 0) is 14.3 Å². The average Bonchev–Trinajstić information content (AvgIpc) is 3.02. The molecule has 1 heterocycles. The maximum Gasteiger partial charge on any atom is 0.314 e. The van der Waals surface area contributed by atoms with Gasteiger partial charge in [0.1, 0.15) is 24.4 Å². The topological polar surface area (TPSA) is 177 Å². The van der Waals surface area contributed by atoms with Crippen LogP contribution in [-0.4, -0.2) is 98.3 Å². The molecule has 5 aliphatic carbocycles. The fourth-order valence-electron chi connectivity index (χ4n) is 12.4. The van der Waals surface area contributed by atoms with E-state index in [4.69, 9.17) is 9.47 Å². The highest BCUT2D eigenvalue weighted by Gasteiger charge is 2.72. The normalized spacial score (nSPS) is 53.2. The van der Waals surface area contributed by atoms with Gasteiger partial charge in [0.15, 0.2) is 6.29 Å². The Kier molecular flexibility index (Phi) is 8.66. The molecule has 0 bridgehead atoms. The SMILES string of the molecule is CC1(C)[C@@H](O[C@@H]2O[C@H](CO)[C@@H](O)[C@H](O)[C@H]2O)CC[C@]2(C)[C@H]3CC=C4[C@@H]5C[C@](C)(CO)CC[C@]5(CO)CC[C@@]4(C(=O)O)[C@]3(C)CC[C@@H]12. The number of carbonyl (C=O) groups is 1. The third-order valence-corrected chi connectivity index (χ3v) is 15.3. The molecular weight excluding hydrogens is 592 g/mol. The van der Waals surface area contributed by atoms with E-state index in [0.29, 0.717) is 25.7 Å². The molecule has 5 fully saturated rings. The standard InChI is InChI=1S/C36H58O10/c1-31(2)23-8-11-34(5)24(33(23,4)10-9-25(31)46-29-28(42)27(41)26(40)22(17-37)45-29)7-6-20-21-16-32(3,18-38)12-13-35(21,19-39)14-15-36(20,34)30(43)44/h6,21-29,37-42H,7-19H2,1-5H3,(H,43,44)/t21-,22+,23-,24+,25-,26+,27-,28+,29-,32+,33-,34+,35+,36+/m0/s1. The second-order valence-electron chi connectivity index (χ2n) is 17.6. The van der Waals surface area contributed by atoms with Crippen LogP contribution >= 0.6 is 0 Å². The van der Waals surface area contributed by atoms with Crippen LogP contribution < -0.4 is 0 Å². The van der Waals surface area contributed by atoms with Crippen LogP contribution in [0, 0.1) is 50.2 Å². The van der Waals surface area contributed by atoms with Crippen LogP contribution in [0.2, 0.25) is 0 Å². The summed E-state index contributed by atoms with van der Waals surface area (Å²) in [7, 11) is 0. The van der Waals surface area contributed by atoms with Crippen molar-refractivity contribution in [3.63, 3.8) is 0 Å². The lowest BCUT2D eigenvalue weighted by Crippen LogP contribution is -2.68. The summed E-state index contributed by atoms with van der Waals surface area (Å²) in [6.45, 7) is 10.6. The molecule has 10 nitrogen and oxygen atoms in total. The number of aliphatic carboxylic acids is 1. The summed E-state index contributed by atoms with van der Waals surface area (Å²) < 4.78 is 12.2. The molecule has 0 amide bonds. The van der Waals surface area contributed by atoms with Crippen molar-refractivity contribution in [2.75, 3.05) is 19.8 Å². The number of aliphatic hydroxyl groups excluding tert-OH is 6. The third-order valence-electron chi connectivity index (χ3n) is 15.3. The van der Waals surface area contributed by atoms with Gasteiger partial charge in [0.2, 0.25) is 0 Å². The quantitative estimate of drug-likeness (QED) is 0.167. The Labute approximate surface area is 273 Å². The highest BCUT2D eigenvalue weighted by molar-refractivity contribution is 5.81. The van der Waals surface area contributed by atoms with Crippen LogP contribution in [0.25, 0.3) is 0 Å². The fraction of sp³-hybridized carbons (Fsp3) is 0.917. The van der Waals surface area contributed by atoms with Crippen LogP contribution in [0.5, 0.6) is 0 Å². The van der Waals surface area contributed by atoms with Gasteiger partial charge in [-0.3, -0.25) is 4.79 Å². The highest BCUT2D eigenvalue weighted by atomic mass is 16.7. The van der Waals surface area contributed by atoms with Gasteiger partial charge in [-0.1, -0.05) is 46.3 Å². The Bertz CT molecular complexity index is 1220. The molecule has 0 radical (unpaired) electrons. The first kappa shape index (κ1) is 34.7. The van der Waals surface area contributed by atoms with E-state index in [2.05, 4.69) is 40.7 Å². The van der Waals surface area contributed by atoms with E-state index in [9.17, 15) is 40.5 Å². The van der Waals surface area contributed by atoms with Gasteiger partial charge in [-0.05, 0) is 104 Å². The minimum Gasteiger partial charge on any atom is -0.481 e. The van der Waals surface area contributed by atoms with E-state index in [1.165, 1.54) is 0 Å². The number of fused-ring (bicyclic) bond motifs is 7. The molecular formula is C36H58O10. The summed E-state index contributed by atoms with van der Waals surface area (Å²) in [6.07, 6.45) is 2.57. The maximum atomic E-state index is 13.8. The number of aliphatic hydroxyl groups is 6. The van der Waals surface area contributed by atoms with Gasteiger partial charge in [0, 0.05) is 18.6 Å². The summed E-state index contributed by atoms with van der Waals surface area (Å²) in [5.74, 6) is -0.527. The maximum absolute atomic E-state index is 13.8. The number of allylic oxidation sites excluding steroid dienone is 1. The van der Waals surface area contributed by atoms with Gasteiger partial charge in [-0.15, -0.1) is 0 Å². The van der Waals surface area contributed by atoms with Crippen molar-refractivity contribution in [3.8, 4) is 0 Å². The van der Waals surface area contributed by atoms with Crippen molar-refractivity contribution in [2.24, 2.45) is 50.2 Å². The molecule has 262 valence electrons. The zero-order chi connectivity index (χ0) is 33.7. The monoisotopic (exact) mass is 650 g/mol. The average molecular weight is 651 g/mol. The Morgan fingerprint density at radius 3 is 2.20 bits per heavy atom. The number of carboxylic acids is 1. The predicted octanol–water partition coefficient (Wildman–Crippen LogP) is 3.00. The van der Waals surface area contributed by atoms with Gasteiger partial charge in [0.05, 0.1) is 18.1 Å². The smallest absolute Gasteiger partial charge is 0.314 e. The summed E-state index contributed by atoms with van der Waals surface area (Å²) >= 11 is 0. The van der Waals surface area contributed by atoms with E-state index in [-0.39, 0.29) is 58.7 Å². The lowest BCUT2D eigenvalue weighted by molar-refractivity contribution is -0.330. The summed E-state index contributed by atoms with van der Waals surface area (Å²) in [4.78, 5) is 13.8. The number of hydrogen-bond acceptors (Lipinski definition) is 9. The molecule has 10 heteroatoms. The largest absolute Gasteiger partial charge is 0.481 e. The number of hydrogen-bond donors (Lipinski definition) is 7. The Morgan fingerprint density at radius 1 is 0.870 bits per heavy atom. The first-order valence-corrected chi connectivity index (χ1v) is 17.6. The molecule has 0 aromatic rings. The van der Waals surface area contributed by atoms with Crippen molar-refractivity contribution in [1.29, 1.82) is 0 Å². The molecule has 0 unspecified atom stereocenters. The molecule has 46 heavy (non-hydrogen) atoms. The Hall–Kier alpha value is -1.11. The van der Waals surface area contributed by atoms with Crippen LogP contribution in [0.1, 0.15) is 98.8 Å². The van der Waals surface area contributed by atoms with Gasteiger partial charge in [-0.25, -0.2) is 0 Å². The van der Waals surface area contributed by atoms with Gasteiger partial charge in [-0.2, -0.15) is 0 Å². The van der Waals surface area contributed by atoms with E-state index in [1.807, 2.05) is 0 Å². The fourth-order valence-corrected chi connectivity index (χ4v) is 12.4. The minimum absolute atomic E-state index is 0.0379. The van der Waals surface area contributed by atoms with Crippen molar-refractivity contribution in [2.45, 2.75) is 136 Å². The van der Waals surface area contributed by atoms with Gasteiger partial charge < -0.3 is 45.2 Å². The molecule has 4 saturated carbocycles. The molecule has 6 rings (SSSR count). The van der Waals surface area contributed by atoms with E-state index in [1.54, 1.807) is 0 Å². The van der Waals surface area contributed by atoms with Crippen molar-refractivity contribution in [1.82, 2.24) is 0 Å². The second kappa shape index (κ2) is 11.5. The Morgan fingerprint density at radius 2 is 1.57 bits per heavy atom. The molecule has 1 saturated heterocycles. The molecule has 0 aromatic carbocycles. The molecule has 7 N–H and O–H groups in total. The zero-order valence-corrected chi connectivity index (χ0v) is 28.3. The van der Waals surface area contributed by atoms with E-state index < -0.39 is 54.1 Å². The summed E-state index contributed by atoms with van der Waals surface area (Å²) in [5.41, 5.74) is -1.73. The third kappa shape index (κ3) is 4.60.